The van der Waals surface area contributed by atoms with Crippen LogP contribution in [0, 0.1) is 5.92 Å². The summed E-state index contributed by atoms with van der Waals surface area (Å²) >= 11 is 0. The van der Waals surface area contributed by atoms with Gasteiger partial charge in [-0.15, -0.1) is 0 Å². The number of carbonyl (C=O) groups is 1. The highest BCUT2D eigenvalue weighted by Crippen LogP contribution is 2.37. The fourth-order valence-corrected chi connectivity index (χ4v) is 2.31. The molecule has 1 aromatic rings. The third-order valence-electron chi connectivity index (χ3n) is 3.72. The Balaban J connectivity index is 2.20. The van der Waals surface area contributed by atoms with E-state index in [1.165, 1.54) is 4.90 Å². The number of rotatable bonds is 4. The smallest absolute Gasteiger partial charge is 0.260 e. The van der Waals surface area contributed by atoms with Crippen LogP contribution in [0.1, 0.15) is 31.9 Å². The highest BCUT2D eigenvalue weighted by Gasteiger charge is 2.33. The largest absolute Gasteiger partial charge is 0.378 e. The lowest BCUT2D eigenvalue weighted by atomic mass is 10.1. The lowest BCUT2D eigenvalue weighted by Gasteiger charge is -2.22. The van der Waals surface area contributed by atoms with E-state index in [1.807, 2.05) is 18.2 Å². The van der Waals surface area contributed by atoms with E-state index in [1.54, 1.807) is 7.05 Å². The molecule has 19 heavy (non-hydrogen) atoms. The molecular weight excluding hydrogens is 240 g/mol. The topological polar surface area (TPSA) is 43.8 Å². The number of anilines is 2. The van der Waals surface area contributed by atoms with Gasteiger partial charge < -0.3 is 14.9 Å². The Morgan fingerprint density at radius 1 is 1.42 bits per heavy atom. The van der Waals surface area contributed by atoms with Crippen molar-refractivity contribution in [1.29, 1.82) is 0 Å². The first-order chi connectivity index (χ1) is 8.91. The predicted molar refractivity (Wildman–Crippen MR) is 77.5 cm³/mol. The first-order valence-electron chi connectivity index (χ1n) is 6.72. The van der Waals surface area contributed by atoms with E-state index in [-0.39, 0.29) is 5.91 Å². The van der Waals surface area contributed by atoms with Crippen molar-refractivity contribution in [3.63, 3.8) is 0 Å². The number of likely N-dealkylation sites (N-methyl/N-ethyl adjacent to an activating group) is 1. The van der Waals surface area contributed by atoms with Crippen molar-refractivity contribution in [2.75, 3.05) is 30.4 Å². The zero-order valence-electron chi connectivity index (χ0n) is 12.1. The maximum absolute atomic E-state index is 11.7. The number of aliphatic hydroxyl groups is 1. The molecule has 1 N–H and O–H groups in total. The van der Waals surface area contributed by atoms with Crippen LogP contribution in [-0.2, 0) is 4.79 Å². The highest BCUT2D eigenvalue weighted by molar-refractivity contribution is 6.03. The molecule has 0 spiro atoms. The van der Waals surface area contributed by atoms with Gasteiger partial charge in [0, 0.05) is 31.9 Å². The van der Waals surface area contributed by atoms with Crippen LogP contribution in [0.15, 0.2) is 18.2 Å². The summed E-state index contributed by atoms with van der Waals surface area (Å²) in [4.78, 5) is 15.4. The van der Waals surface area contributed by atoms with Crippen LogP contribution in [-0.4, -0.2) is 31.7 Å². The van der Waals surface area contributed by atoms with Crippen molar-refractivity contribution in [2.45, 2.75) is 26.4 Å². The lowest BCUT2D eigenvalue weighted by molar-refractivity contribution is -0.125. The van der Waals surface area contributed by atoms with Crippen LogP contribution in [0.3, 0.4) is 0 Å². The molecule has 1 heterocycles. The van der Waals surface area contributed by atoms with Gasteiger partial charge in [0.2, 0.25) is 0 Å². The SMILES string of the molecule is CC(C)CCN(C)c1ccc2c(c1)N(C)C(=O)C2O. The van der Waals surface area contributed by atoms with E-state index >= 15 is 0 Å². The molecule has 1 aliphatic heterocycles. The van der Waals surface area contributed by atoms with Crippen LogP contribution < -0.4 is 9.80 Å². The molecule has 4 nitrogen and oxygen atoms in total. The van der Waals surface area contributed by atoms with Crippen molar-refractivity contribution < 1.29 is 9.90 Å². The summed E-state index contributed by atoms with van der Waals surface area (Å²) in [5.41, 5.74) is 2.59. The Labute approximate surface area is 114 Å². The molecule has 1 aromatic carbocycles. The number of hydrogen-bond acceptors (Lipinski definition) is 3. The minimum absolute atomic E-state index is 0.253. The molecule has 0 saturated carbocycles. The molecule has 0 radical (unpaired) electrons. The summed E-state index contributed by atoms with van der Waals surface area (Å²) in [5, 5.41) is 9.82. The average molecular weight is 262 g/mol. The third-order valence-corrected chi connectivity index (χ3v) is 3.72. The molecule has 1 unspecified atom stereocenters. The molecule has 2 rings (SSSR count). The van der Waals surface area contributed by atoms with E-state index in [0.29, 0.717) is 11.5 Å². The summed E-state index contributed by atoms with van der Waals surface area (Å²) in [6.45, 7) is 5.40. The number of nitrogens with zero attached hydrogens (tertiary/aromatic N) is 2. The monoisotopic (exact) mass is 262 g/mol. The zero-order valence-corrected chi connectivity index (χ0v) is 12.1. The average Bonchev–Trinajstić information content (AvgIpc) is 2.61. The fraction of sp³-hybridized carbons (Fsp3) is 0.533. The number of fused-ring (bicyclic) bond motifs is 1. The first-order valence-corrected chi connectivity index (χ1v) is 6.72. The Bertz CT molecular complexity index is 485. The van der Waals surface area contributed by atoms with Gasteiger partial charge >= 0.3 is 0 Å². The van der Waals surface area contributed by atoms with Crippen molar-refractivity contribution in [3.8, 4) is 0 Å². The van der Waals surface area contributed by atoms with Gasteiger partial charge in [-0.05, 0) is 24.5 Å². The van der Waals surface area contributed by atoms with Crippen molar-refractivity contribution in [1.82, 2.24) is 0 Å². The summed E-state index contributed by atoms with van der Waals surface area (Å²) in [7, 11) is 3.76. The highest BCUT2D eigenvalue weighted by atomic mass is 16.3. The van der Waals surface area contributed by atoms with Gasteiger partial charge in [-0.2, -0.15) is 0 Å². The molecule has 4 heteroatoms. The van der Waals surface area contributed by atoms with Gasteiger partial charge in [0.05, 0.1) is 5.69 Å². The Morgan fingerprint density at radius 3 is 2.74 bits per heavy atom. The van der Waals surface area contributed by atoms with Crippen LogP contribution >= 0.6 is 0 Å². The molecule has 0 bridgehead atoms. The lowest BCUT2D eigenvalue weighted by Crippen LogP contribution is -2.24. The number of amides is 1. The second-order valence-corrected chi connectivity index (χ2v) is 5.65. The number of benzene rings is 1. The van der Waals surface area contributed by atoms with Crippen LogP contribution in [0.4, 0.5) is 11.4 Å². The summed E-state index contributed by atoms with van der Waals surface area (Å²) in [6, 6.07) is 5.79. The summed E-state index contributed by atoms with van der Waals surface area (Å²) in [5.74, 6) is 0.417. The van der Waals surface area contributed by atoms with E-state index in [0.717, 1.165) is 24.3 Å². The quantitative estimate of drug-likeness (QED) is 0.904. The second kappa shape index (κ2) is 5.21. The third kappa shape index (κ3) is 2.59. The summed E-state index contributed by atoms with van der Waals surface area (Å²) in [6.07, 6.45) is 0.125. The van der Waals surface area contributed by atoms with Gasteiger partial charge in [0.15, 0.2) is 6.10 Å². The Hall–Kier alpha value is -1.55. The minimum Gasteiger partial charge on any atom is -0.378 e. The minimum atomic E-state index is -1.00. The maximum Gasteiger partial charge on any atom is 0.260 e. The van der Waals surface area contributed by atoms with Gasteiger partial charge in [-0.25, -0.2) is 0 Å². The normalized spacial score (nSPS) is 18.1. The number of carbonyl (C=O) groups excluding carboxylic acids is 1. The fourth-order valence-electron chi connectivity index (χ4n) is 2.31. The molecule has 0 aromatic heterocycles. The van der Waals surface area contributed by atoms with E-state index in [4.69, 9.17) is 0 Å². The standard InChI is InChI=1S/C15H22N2O2/c1-10(2)7-8-16(3)11-5-6-12-13(9-11)17(4)15(19)14(12)18/h5-6,9-10,14,18H,7-8H2,1-4H3. The molecule has 0 saturated heterocycles. The van der Waals surface area contributed by atoms with Crippen LogP contribution in [0.2, 0.25) is 0 Å². The van der Waals surface area contributed by atoms with Gasteiger partial charge in [0.25, 0.3) is 5.91 Å². The maximum atomic E-state index is 11.7. The van der Waals surface area contributed by atoms with Gasteiger partial charge in [0.1, 0.15) is 0 Å². The Kier molecular flexibility index (Phi) is 3.80. The van der Waals surface area contributed by atoms with Gasteiger partial charge in [-0.3, -0.25) is 4.79 Å². The molecule has 1 aliphatic rings. The molecule has 1 atom stereocenters. The molecule has 0 fully saturated rings. The number of hydrogen-bond donors (Lipinski definition) is 1. The molecular formula is C15H22N2O2. The number of aliphatic hydroxyl groups excluding tert-OH is 1. The second-order valence-electron chi connectivity index (χ2n) is 5.65. The van der Waals surface area contributed by atoms with Gasteiger partial charge in [-0.1, -0.05) is 19.9 Å². The van der Waals surface area contributed by atoms with E-state index < -0.39 is 6.10 Å². The first kappa shape index (κ1) is 13.9. The Morgan fingerprint density at radius 2 is 2.11 bits per heavy atom. The van der Waals surface area contributed by atoms with Crippen molar-refractivity contribution in [3.05, 3.63) is 23.8 Å². The van der Waals surface area contributed by atoms with E-state index in [2.05, 4.69) is 25.8 Å². The molecule has 104 valence electrons. The van der Waals surface area contributed by atoms with Crippen LogP contribution in [0.25, 0.3) is 0 Å². The molecule has 1 amide bonds. The van der Waals surface area contributed by atoms with Crippen molar-refractivity contribution in [2.24, 2.45) is 5.92 Å². The van der Waals surface area contributed by atoms with Crippen molar-refractivity contribution >= 4 is 17.3 Å². The van der Waals surface area contributed by atoms with E-state index in [9.17, 15) is 9.90 Å². The molecule has 0 aliphatic carbocycles. The van der Waals surface area contributed by atoms with Crippen LogP contribution in [0.5, 0.6) is 0 Å². The summed E-state index contributed by atoms with van der Waals surface area (Å²) < 4.78 is 0. The predicted octanol–water partition coefficient (Wildman–Crippen LogP) is 2.18. The zero-order chi connectivity index (χ0) is 14.2.